The normalized spacial score (nSPS) is 22.7. The Morgan fingerprint density at radius 1 is 1.28 bits per heavy atom. The van der Waals surface area contributed by atoms with Gasteiger partial charge in [-0.1, -0.05) is 37.8 Å². The number of methoxy groups -OCH3 is 1. The summed E-state index contributed by atoms with van der Waals surface area (Å²) in [6.45, 7) is 8.90. The van der Waals surface area contributed by atoms with Crippen molar-refractivity contribution in [1.82, 2.24) is 9.47 Å². The first-order valence-electron chi connectivity index (χ1n) is 10.8. The summed E-state index contributed by atoms with van der Waals surface area (Å²) < 4.78 is 7.16. The number of ether oxygens (including phenoxy) is 1. The number of amides is 1. The van der Waals surface area contributed by atoms with Gasteiger partial charge in [0.05, 0.1) is 4.91 Å². The molecule has 7 nitrogen and oxygen atoms in total. The van der Waals surface area contributed by atoms with E-state index in [-0.39, 0.29) is 17.0 Å². The number of nitriles is 1. The number of carbonyl (C=O) groups excluding carboxylic acids is 1. The van der Waals surface area contributed by atoms with Gasteiger partial charge in [-0.05, 0) is 43.2 Å². The SMILES string of the molecule is COCCCN1C(=O)/C(=C\c2c(C)c(C#N)c(=O)n(C)c2N2CC(C)CC(C)C2)SC1=S. The second-order valence-electron chi connectivity index (χ2n) is 8.74. The fourth-order valence-corrected chi connectivity index (χ4v) is 5.91. The lowest BCUT2D eigenvalue weighted by Crippen LogP contribution is -2.42. The number of nitrogens with zero attached hydrogens (tertiary/aromatic N) is 4. The molecule has 2 aliphatic heterocycles. The first kappa shape index (κ1) is 24.5. The second kappa shape index (κ2) is 10.2. The quantitative estimate of drug-likeness (QED) is 0.356. The molecule has 0 aliphatic carbocycles. The fourth-order valence-electron chi connectivity index (χ4n) is 4.62. The van der Waals surface area contributed by atoms with Crippen molar-refractivity contribution in [1.29, 1.82) is 5.26 Å². The van der Waals surface area contributed by atoms with Gasteiger partial charge in [-0.15, -0.1) is 0 Å². The van der Waals surface area contributed by atoms with Gasteiger partial charge in [-0.3, -0.25) is 19.1 Å². The van der Waals surface area contributed by atoms with E-state index in [4.69, 9.17) is 17.0 Å². The van der Waals surface area contributed by atoms with E-state index in [0.29, 0.717) is 46.2 Å². The van der Waals surface area contributed by atoms with Crippen LogP contribution in [0.25, 0.3) is 6.08 Å². The minimum Gasteiger partial charge on any atom is -0.385 e. The highest BCUT2D eigenvalue weighted by molar-refractivity contribution is 8.26. The van der Waals surface area contributed by atoms with Crippen LogP contribution in [0.5, 0.6) is 0 Å². The van der Waals surface area contributed by atoms with Crippen molar-refractivity contribution in [2.24, 2.45) is 18.9 Å². The molecular weight excluding hydrogens is 444 g/mol. The molecule has 1 amide bonds. The van der Waals surface area contributed by atoms with Gasteiger partial charge in [0.15, 0.2) is 0 Å². The van der Waals surface area contributed by atoms with Crippen LogP contribution >= 0.6 is 24.0 Å². The highest BCUT2D eigenvalue weighted by Crippen LogP contribution is 2.37. The Labute approximate surface area is 199 Å². The van der Waals surface area contributed by atoms with Crippen molar-refractivity contribution >= 4 is 46.1 Å². The van der Waals surface area contributed by atoms with Crippen LogP contribution in [-0.2, 0) is 16.6 Å². The zero-order valence-electron chi connectivity index (χ0n) is 19.3. The van der Waals surface area contributed by atoms with Gasteiger partial charge in [-0.25, -0.2) is 0 Å². The second-order valence-corrected chi connectivity index (χ2v) is 10.4. The number of aromatic nitrogens is 1. The fraction of sp³-hybridized carbons (Fsp3) is 0.565. The Balaban J connectivity index is 2.10. The summed E-state index contributed by atoms with van der Waals surface area (Å²) in [6.07, 6.45) is 3.64. The van der Waals surface area contributed by atoms with Gasteiger partial charge in [0.1, 0.15) is 21.8 Å². The molecule has 0 N–H and O–H groups in total. The minimum absolute atomic E-state index is 0.108. The molecule has 0 radical (unpaired) electrons. The van der Waals surface area contributed by atoms with E-state index in [1.165, 1.54) is 11.8 Å². The standard InChI is InChI=1S/C23H30N4O3S2/c1-14-9-15(2)13-26(12-14)20-17(16(3)18(11-24)21(28)25(20)4)10-19-22(29)27(23(31)32-19)7-6-8-30-5/h10,14-15H,6-9,12-13H2,1-5H3/b19-10+. The van der Waals surface area contributed by atoms with Gasteiger partial charge >= 0.3 is 0 Å². The maximum absolute atomic E-state index is 13.1. The minimum atomic E-state index is -0.310. The van der Waals surface area contributed by atoms with Crippen LogP contribution in [0.3, 0.4) is 0 Å². The molecule has 32 heavy (non-hydrogen) atoms. The number of thioether (sulfide) groups is 1. The van der Waals surface area contributed by atoms with Gasteiger partial charge in [-0.2, -0.15) is 5.26 Å². The summed E-state index contributed by atoms with van der Waals surface area (Å²) in [4.78, 5) is 30.3. The van der Waals surface area contributed by atoms with E-state index in [1.807, 2.05) is 6.08 Å². The molecule has 2 fully saturated rings. The van der Waals surface area contributed by atoms with E-state index in [0.717, 1.165) is 30.9 Å². The van der Waals surface area contributed by atoms with Crippen LogP contribution in [0.4, 0.5) is 5.82 Å². The third kappa shape index (κ3) is 4.77. The number of hydrogen-bond donors (Lipinski definition) is 0. The van der Waals surface area contributed by atoms with Crippen molar-refractivity contribution < 1.29 is 9.53 Å². The zero-order chi connectivity index (χ0) is 23.6. The van der Waals surface area contributed by atoms with Crippen LogP contribution in [0, 0.1) is 30.1 Å². The molecular formula is C23H30N4O3S2. The summed E-state index contributed by atoms with van der Waals surface area (Å²) in [7, 11) is 3.33. The van der Waals surface area contributed by atoms with E-state index in [1.54, 1.807) is 30.5 Å². The van der Waals surface area contributed by atoms with E-state index in [2.05, 4.69) is 24.8 Å². The molecule has 0 spiro atoms. The molecule has 9 heteroatoms. The summed E-state index contributed by atoms with van der Waals surface area (Å²) in [5, 5.41) is 9.64. The average molecular weight is 475 g/mol. The number of piperidine rings is 1. The van der Waals surface area contributed by atoms with Crippen LogP contribution in [0.1, 0.15) is 43.4 Å². The van der Waals surface area contributed by atoms with Crippen molar-refractivity contribution in [3.8, 4) is 6.07 Å². The average Bonchev–Trinajstić information content (AvgIpc) is 2.99. The molecule has 0 aromatic carbocycles. The summed E-state index contributed by atoms with van der Waals surface area (Å²) in [5.41, 5.74) is 1.13. The van der Waals surface area contributed by atoms with Crippen LogP contribution in [0.15, 0.2) is 9.70 Å². The van der Waals surface area contributed by atoms with Gasteiger partial charge in [0.25, 0.3) is 11.5 Å². The number of anilines is 1. The molecule has 172 valence electrons. The predicted octanol–water partition coefficient (Wildman–Crippen LogP) is 3.29. The van der Waals surface area contributed by atoms with Crippen LogP contribution < -0.4 is 10.5 Å². The first-order valence-corrected chi connectivity index (χ1v) is 12.0. The van der Waals surface area contributed by atoms with Crippen molar-refractivity contribution in [2.75, 3.05) is 38.3 Å². The number of hydrogen-bond acceptors (Lipinski definition) is 7. The van der Waals surface area contributed by atoms with Crippen LogP contribution in [0.2, 0.25) is 0 Å². The first-order chi connectivity index (χ1) is 15.2. The van der Waals surface area contributed by atoms with E-state index < -0.39 is 0 Å². The summed E-state index contributed by atoms with van der Waals surface area (Å²) >= 11 is 6.71. The predicted molar refractivity (Wildman–Crippen MR) is 133 cm³/mol. The smallest absolute Gasteiger partial charge is 0.270 e. The lowest BCUT2D eigenvalue weighted by molar-refractivity contribution is -0.122. The van der Waals surface area contributed by atoms with E-state index in [9.17, 15) is 14.9 Å². The molecule has 0 saturated carbocycles. The Bertz CT molecular complexity index is 1050. The number of rotatable bonds is 6. The molecule has 1 aromatic heterocycles. The molecule has 2 aliphatic rings. The lowest BCUT2D eigenvalue weighted by Gasteiger charge is -2.38. The van der Waals surface area contributed by atoms with Gasteiger partial charge in [0, 0.05) is 46.0 Å². The molecule has 2 atom stereocenters. The van der Waals surface area contributed by atoms with Crippen molar-refractivity contribution in [2.45, 2.75) is 33.6 Å². The zero-order valence-corrected chi connectivity index (χ0v) is 20.9. The third-order valence-corrected chi connectivity index (χ3v) is 7.39. The Hall–Kier alpha value is -2.15. The van der Waals surface area contributed by atoms with Gasteiger partial charge < -0.3 is 9.64 Å². The number of pyridine rings is 1. The third-order valence-electron chi connectivity index (χ3n) is 6.02. The molecule has 1 aromatic rings. The maximum atomic E-state index is 13.1. The lowest BCUT2D eigenvalue weighted by atomic mass is 9.91. The molecule has 2 unspecified atom stereocenters. The number of thiocarbonyl (C=S) groups is 1. The Kier molecular flexibility index (Phi) is 7.80. The maximum Gasteiger partial charge on any atom is 0.270 e. The summed E-state index contributed by atoms with van der Waals surface area (Å²) in [5.74, 6) is 1.58. The summed E-state index contributed by atoms with van der Waals surface area (Å²) in [6, 6.07) is 2.06. The topological polar surface area (TPSA) is 78.6 Å². The highest BCUT2D eigenvalue weighted by Gasteiger charge is 2.33. The Morgan fingerprint density at radius 3 is 2.53 bits per heavy atom. The van der Waals surface area contributed by atoms with Crippen molar-refractivity contribution in [3.05, 3.63) is 31.9 Å². The molecule has 3 rings (SSSR count). The Morgan fingerprint density at radius 2 is 1.94 bits per heavy atom. The largest absolute Gasteiger partial charge is 0.385 e. The number of carbonyl (C=O) groups is 1. The van der Waals surface area contributed by atoms with Gasteiger partial charge in [0.2, 0.25) is 0 Å². The molecule has 0 bridgehead atoms. The highest BCUT2D eigenvalue weighted by atomic mass is 32.2. The molecule has 2 saturated heterocycles. The van der Waals surface area contributed by atoms with E-state index >= 15 is 0 Å². The van der Waals surface area contributed by atoms with Crippen LogP contribution in [-0.4, -0.2) is 53.0 Å². The molecule has 3 heterocycles. The van der Waals surface area contributed by atoms with Crippen molar-refractivity contribution in [3.63, 3.8) is 0 Å². The monoisotopic (exact) mass is 474 g/mol.